The van der Waals surface area contributed by atoms with Gasteiger partial charge in [-0.25, -0.2) is 0 Å². The van der Waals surface area contributed by atoms with Gasteiger partial charge in [0, 0.05) is 19.6 Å². The van der Waals surface area contributed by atoms with Crippen molar-refractivity contribution in [1.29, 1.82) is 0 Å². The number of amides is 2. The third kappa shape index (κ3) is 3.80. The number of nitrogens with zero attached hydrogens (tertiary/aromatic N) is 1. The molecule has 0 aromatic carbocycles. The Labute approximate surface area is 122 Å². The van der Waals surface area contributed by atoms with E-state index in [1.807, 2.05) is 17.5 Å². The van der Waals surface area contributed by atoms with Crippen LogP contribution in [0.4, 0.5) is 0 Å². The topological polar surface area (TPSA) is 69.6 Å². The van der Waals surface area contributed by atoms with Crippen LogP contribution in [0.5, 0.6) is 0 Å². The fourth-order valence-corrected chi connectivity index (χ4v) is 3.02. The quantitative estimate of drug-likeness (QED) is 0.874. The number of nitrogens with one attached hydrogen (secondary N) is 1. The molecule has 1 aliphatic heterocycles. The Morgan fingerprint density at radius 3 is 3.05 bits per heavy atom. The van der Waals surface area contributed by atoms with Crippen molar-refractivity contribution in [2.75, 3.05) is 19.6 Å². The van der Waals surface area contributed by atoms with Gasteiger partial charge in [0.05, 0.1) is 16.9 Å². The molecule has 20 heavy (non-hydrogen) atoms. The van der Waals surface area contributed by atoms with Gasteiger partial charge in [0.1, 0.15) is 0 Å². The van der Waals surface area contributed by atoms with Crippen LogP contribution in [0.15, 0.2) is 17.5 Å². The number of thiophene rings is 1. The molecule has 1 saturated heterocycles. The van der Waals surface area contributed by atoms with E-state index in [-0.39, 0.29) is 24.3 Å². The number of rotatable bonds is 4. The molecule has 0 aliphatic carbocycles. The lowest BCUT2D eigenvalue weighted by Gasteiger charge is -2.31. The molecule has 1 aliphatic rings. The van der Waals surface area contributed by atoms with Crippen LogP contribution < -0.4 is 5.32 Å². The van der Waals surface area contributed by atoms with Crippen LogP contribution in [-0.2, 0) is 4.79 Å². The smallest absolute Gasteiger partial charge is 0.263 e. The van der Waals surface area contributed by atoms with E-state index >= 15 is 0 Å². The fraction of sp³-hybridized carbons (Fsp3) is 0.571. The molecule has 1 aromatic rings. The Hall–Kier alpha value is -1.40. The Morgan fingerprint density at radius 1 is 1.60 bits per heavy atom. The summed E-state index contributed by atoms with van der Waals surface area (Å²) in [5.74, 6) is -0.242. The van der Waals surface area contributed by atoms with Gasteiger partial charge in [0.15, 0.2) is 0 Å². The largest absolute Gasteiger partial charge is 0.392 e. The highest BCUT2D eigenvalue weighted by atomic mass is 32.1. The minimum Gasteiger partial charge on any atom is -0.392 e. The Kier molecular flexibility index (Phi) is 5.14. The van der Waals surface area contributed by atoms with Gasteiger partial charge in [-0.2, -0.15) is 0 Å². The standard InChI is InChI=1S/C14H20N2O3S/c1-10(17)8-15-13(18)11-4-2-6-16(9-11)14(19)12-5-3-7-20-12/h3,5,7,10-11,17H,2,4,6,8-9H2,1H3,(H,15,18). The van der Waals surface area contributed by atoms with Crippen molar-refractivity contribution in [2.24, 2.45) is 5.92 Å². The van der Waals surface area contributed by atoms with Crippen LogP contribution in [0.25, 0.3) is 0 Å². The molecule has 0 saturated carbocycles. The van der Waals surface area contributed by atoms with Crippen molar-refractivity contribution in [3.8, 4) is 0 Å². The molecule has 2 atom stereocenters. The monoisotopic (exact) mass is 296 g/mol. The zero-order valence-electron chi connectivity index (χ0n) is 11.5. The summed E-state index contributed by atoms with van der Waals surface area (Å²) in [7, 11) is 0. The number of piperidine rings is 1. The molecule has 0 bridgehead atoms. The molecule has 5 nitrogen and oxygen atoms in total. The fourth-order valence-electron chi connectivity index (χ4n) is 2.32. The second-order valence-electron chi connectivity index (χ2n) is 5.16. The van der Waals surface area contributed by atoms with Crippen molar-refractivity contribution in [3.05, 3.63) is 22.4 Å². The molecule has 2 rings (SSSR count). The third-order valence-electron chi connectivity index (χ3n) is 3.38. The van der Waals surface area contributed by atoms with Gasteiger partial charge in [0.25, 0.3) is 5.91 Å². The molecule has 0 radical (unpaired) electrons. The predicted octanol–water partition coefficient (Wildman–Crippen LogP) is 1.10. The summed E-state index contributed by atoms with van der Waals surface area (Å²) in [4.78, 5) is 26.7. The van der Waals surface area contributed by atoms with Crippen molar-refractivity contribution in [1.82, 2.24) is 10.2 Å². The minimum atomic E-state index is -0.550. The zero-order chi connectivity index (χ0) is 14.5. The van der Waals surface area contributed by atoms with E-state index in [4.69, 9.17) is 0 Å². The molecular formula is C14H20N2O3S. The summed E-state index contributed by atoms with van der Waals surface area (Å²) >= 11 is 1.42. The summed E-state index contributed by atoms with van der Waals surface area (Å²) < 4.78 is 0. The van der Waals surface area contributed by atoms with E-state index in [0.717, 1.165) is 17.7 Å². The minimum absolute atomic E-state index is 0.00743. The highest BCUT2D eigenvalue weighted by Gasteiger charge is 2.29. The molecule has 1 fully saturated rings. The summed E-state index contributed by atoms with van der Waals surface area (Å²) in [6.45, 7) is 3.06. The Balaban J connectivity index is 1.91. The highest BCUT2D eigenvalue weighted by Crippen LogP contribution is 2.20. The van der Waals surface area contributed by atoms with E-state index in [2.05, 4.69) is 5.32 Å². The lowest BCUT2D eigenvalue weighted by atomic mass is 9.97. The molecule has 1 aromatic heterocycles. The second-order valence-corrected chi connectivity index (χ2v) is 6.11. The van der Waals surface area contributed by atoms with Crippen LogP contribution in [0, 0.1) is 5.92 Å². The van der Waals surface area contributed by atoms with E-state index in [1.54, 1.807) is 11.8 Å². The zero-order valence-corrected chi connectivity index (χ0v) is 12.4. The van der Waals surface area contributed by atoms with Gasteiger partial charge in [-0.15, -0.1) is 11.3 Å². The maximum Gasteiger partial charge on any atom is 0.263 e. The van der Waals surface area contributed by atoms with Crippen molar-refractivity contribution >= 4 is 23.2 Å². The maximum absolute atomic E-state index is 12.3. The number of hydrogen-bond acceptors (Lipinski definition) is 4. The lowest BCUT2D eigenvalue weighted by Crippen LogP contribution is -2.46. The van der Waals surface area contributed by atoms with Crippen molar-refractivity contribution < 1.29 is 14.7 Å². The first-order valence-corrected chi connectivity index (χ1v) is 7.74. The summed E-state index contributed by atoms with van der Waals surface area (Å²) in [5, 5.41) is 13.8. The Bertz CT molecular complexity index is 459. The number of aliphatic hydroxyl groups excluding tert-OH is 1. The number of aliphatic hydroxyl groups is 1. The first-order chi connectivity index (χ1) is 9.58. The molecular weight excluding hydrogens is 276 g/mol. The molecule has 110 valence electrons. The first kappa shape index (κ1) is 15.0. The molecule has 2 unspecified atom stereocenters. The molecule has 6 heteroatoms. The van der Waals surface area contributed by atoms with Crippen LogP contribution >= 0.6 is 11.3 Å². The average Bonchev–Trinajstić information content (AvgIpc) is 2.98. The third-order valence-corrected chi connectivity index (χ3v) is 4.24. The Morgan fingerprint density at radius 2 is 2.40 bits per heavy atom. The van der Waals surface area contributed by atoms with Gasteiger partial charge >= 0.3 is 0 Å². The van der Waals surface area contributed by atoms with Crippen LogP contribution in [-0.4, -0.2) is 47.6 Å². The number of carbonyl (C=O) groups excluding carboxylic acids is 2. The normalized spacial score (nSPS) is 20.5. The predicted molar refractivity (Wildman–Crippen MR) is 77.6 cm³/mol. The van der Waals surface area contributed by atoms with Crippen molar-refractivity contribution in [2.45, 2.75) is 25.9 Å². The SMILES string of the molecule is CC(O)CNC(=O)C1CCCN(C(=O)c2cccs2)C1. The molecule has 2 N–H and O–H groups in total. The second kappa shape index (κ2) is 6.85. The maximum atomic E-state index is 12.3. The van der Waals surface area contributed by atoms with E-state index in [1.165, 1.54) is 11.3 Å². The molecule has 0 spiro atoms. The average molecular weight is 296 g/mol. The van der Waals surface area contributed by atoms with Crippen LogP contribution in [0.1, 0.15) is 29.4 Å². The van der Waals surface area contributed by atoms with Gasteiger partial charge in [-0.3, -0.25) is 9.59 Å². The van der Waals surface area contributed by atoms with Gasteiger partial charge < -0.3 is 15.3 Å². The number of hydrogen-bond donors (Lipinski definition) is 2. The first-order valence-electron chi connectivity index (χ1n) is 6.86. The van der Waals surface area contributed by atoms with E-state index in [0.29, 0.717) is 13.1 Å². The van der Waals surface area contributed by atoms with Crippen LogP contribution in [0.3, 0.4) is 0 Å². The summed E-state index contributed by atoms with van der Waals surface area (Å²) in [5.41, 5.74) is 0. The van der Waals surface area contributed by atoms with E-state index in [9.17, 15) is 14.7 Å². The summed E-state index contributed by atoms with van der Waals surface area (Å²) in [6.07, 6.45) is 1.08. The summed E-state index contributed by atoms with van der Waals surface area (Å²) in [6, 6.07) is 3.67. The van der Waals surface area contributed by atoms with Gasteiger partial charge in [-0.05, 0) is 31.2 Å². The van der Waals surface area contributed by atoms with Crippen molar-refractivity contribution in [3.63, 3.8) is 0 Å². The number of likely N-dealkylation sites (tertiary alicyclic amines) is 1. The lowest BCUT2D eigenvalue weighted by molar-refractivity contribution is -0.126. The van der Waals surface area contributed by atoms with Gasteiger partial charge in [-0.1, -0.05) is 6.07 Å². The van der Waals surface area contributed by atoms with E-state index < -0.39 is 6.10 Å². The van der Waals surface area contributed by atoms with Crippen LogP contribution in [0.2, 0.25) is 0 Å². The highest BCUT2D eigenvalue weighted by molar-refractivity contribution is 7.12. The molecule has 2 amide bonds. The molecule has 2 heterocycles. The number of carbonyl (C=O) groups is 2. The van der Waals surface area contributed by atoms with Gasteiger partial charge in [0.2, 0.25) is 5.91 Å².